The Kier molecular flexibility index (Phi) is 3.40. The molecule has 0 atom stereocenters. The Balaban J connectivity index is 1.98. The van der Waals surface area contributed by atoms with Crippen LogP contribution in [-0.2, 0) is 4.74 Å². The molecular formula is C22H15N3O2. The number of benzene rings is 2. The van der Waals surface area contributed by atoms with Gasteiger partial charge >= 0.3 is 5.97 Å². The molecule has 5 heteroatoms. The van der Waals surface area contributed by atoms with Crippen LogP contribution in [-0.4, -0.2) is 27.7 Å². The largest absolute Gasteiger partial charge is 0.465 e. The SMILES string of the molecule is COC(=O)c1c(-c2ccccc2)nn2c1ccc1ccc3cccnc3c12. The van der Waals surface area contributed by atoms with Crippen molar-refractivity contribution in [3.8, 4) is 11.3 Å². The van der Waals surface area contributed by atoms with Crippen LogP contribution < -0.4 is 0 Å². The highest BCUT2D eigenvalue weighted by Gasteiger charge is 2.23. The minimum Gasteiger partial charge on any atom is -0.465 e. The van der Waals surface area contributed by atoms with Gasteiger partial charge < -0.3 is 4.74 Å². The molecule has 2 aromatic carbocycles. The van der Waals surface area contributed by atoms with Crippen molar-refractivity contribution in [2.24, 2.45) is 0 Å². The first-order valence-electron chi connectivity index (χ1n) is 8.61. The van der Waals surface area contributed by atoms with E-state index in [1.54, 1.807) is 10.7 Å². The van der Waals surface area contributed by atoms with E-state index in [0.29, 0.717) is 16.8 Å². The summed E-state index contributed by atoms with van der Waals surface area (Å²) in [5.41, 5.74) is 4.34. The molecule has 0 unspecified atom stereocenters. The van der Waals surface area contributed by atoms with Gasteiger partial charge in [0.1, 0.15) is 11.3 Å². The Morgan fingerprint density at radius 1 is 0.926 bits per heavy atom. The number of rotatable bonds is 2. The summed E-state index contributed by atoms with van der Waals surface area (Å²) >= 11 is 0. The number of nitrogens with zero attached hydrogens (tertiary/aromatic N) is 3. The van der Waals surface area contributed by atoms with E-state index in [2.05, 4.69) is 4.98 Å². The summed E-state index contributed by atoms with van der Waals surface area (Å²) in [6.07, 6.45) is 1.77. The number of carbonyl (C=O) groups is 1. The summed E-state index contributed by atoms with van der Waals surface area (Å²) < 4.78 is 6.86. The highest BCUT2D eigenvalue weighted by atomic mass is 16.5. The van der Waals surface area contributed by atoms with Crippen LogP contribution in [0.2, 0.25) is 0 Å². The topological polar surface area (TPSA) is 56.5 Å². The van der Waals surface area contributed by atoms with Gasteiger partial charge in [-0.15, -0.1) is 0 Å². The van der Waals surface area contributed by atoms with Crippen molar-refractivity contribution >= 4 is 33.3 Å². The monoisotopic (exact) mass is 353 g/mol. The molecule has 3 heterocycles. The molecule has 0 radical (unpaired) electrons. The van der Waals surface area contributed by atoms with Crippen molar-refractivity contribution < 1.29 is 9.53 Å². The Morgan fingerprint density at radius 3 is 2.52 bits per heavy atom. The van der Waals surface area contributed by atoms with Gasteiger partial charge in [0.25, 0.3) is 0 Å². The Morgan fingerprint density at radius 2 is 1.70 bits per heavy atom. The molecule has 5 nitrogen and oxygen atoms in total. The van der Waals surface area contributed by atoms with Crippen molar-refractivity contribution in [3.05, 3.63) is 78.5 Å². The van der Waals surface area contributed by atoms with E-state index in [9.17, 15) is 4.79 Å². The van der Waals surface area contributed by atoms with E-state index in [-0.39, 0.29) is 0 Å². The van der Waals surface area contributed by atoms with Crippen LogP contribution in [0.1, 0.15) is 10.4 Å². The van der Waals surface area contributed by atoms with Gasteiger partial charge in [0.05, 0.1) is 23.7 Å². The van der Waals surface area contributed by atoms with Gasteiger partial charge in [-0.1, -0.05) is 54.6 Å². The summed E-state index contributed by atoms with van der Waals surface area (Å²) in [7, 11) is 1.39. The van der Waals surface area contributed by atoms with E-state index in [1.165, 1.54) is 7.11 Å². The van der Waals surface area contributed by atoms with Crippen molar-refractivity contribution in [2.75, 3.05) is 7.11 Å². The summed E-state index contributed by atoms with van der Waals surface area (Å²) in [6.45, 7) is 0. The third-order valence-electron chi connectivity index (χ3n) is 4.77. The van der Waals surface area contributed by atoms with Gasteiger partial charge in [-0.2, -0.15) is 5.10 Å². The van der Waals surface area contributed by atoms with E-state index >= 15 is 0 Å². The zero-order valence-corrected chi connectivity index (χ0v) is 14.6. The first kappa shape index (κ1) is 15.5. The molecule has 3 aromatic heterocycles. The average Bonchev–Trinajstić information content (AvgIpc) is 3.13. The highest BCUT2D eigenvalue weighted by molar-refractivity contribution is 6.08. The molecule has 0 aliphatic heterocycles. The van der Waals surface area contributed by atoms with E-state index < -0.39 is 5.97 Å². The number of hydrogen-bond donors (Lipinski definition) is 0. The van der Waals surface area contributed by atoms with Crippen molar-refractivity contribution in [3.63, 3.8) is 0 Å². The zero-order chi connectivity index (χ0) is 18.4. The molecule has 0 bridgehead atoms. The summed E-state index contributed by atoms with van der Waals surface area (Å²) in [4.78, 5) is 17.2. The molecule has 0 fully saturated rings. The molecule has 0 spiro atoms. The number of aromatic nitrogens is 3. The lowest BCUT2D eigenvalue weighted by Crippen LogP contribution is -2.02. The molecular weight excluding hydrogens is 338 g/mol. The number of pyridine rings is 2. The summed E-state index contributed by atoms with van der Waals surface area (Å²) in [5.74, 6) is -0.406. The maximum Gasteiger partial charge on any atom is 0.342 e. The lowest BCUT2D eigenvalue weighted by molar-refractivity contribution is 0.0604. The Labute approximate surface area is 154 Å². The third kappa shape index (κ3) is 2.29. The highest BCUT2D eigenvalue weighted by Crippen LogP contribution is 2.31. The number of fused-ring (bicyclic) bond motifs is 5. The standard InChI is InChI=1S/C22H15N3O2/c1-27-22(26)18-17-12-11-16-10-9-15-8-5-13-23-20(15)21(16)25(17)24-19(18)14-6-3-2-4-7-14/h2-13H,1H3. The van der Waals surface area contributed by atoms with Crippen LogP contribution in [0, 0.1) is 0 Å². The van der Waals surface area contributed by atoms with Crippen molar-refractivity contribution in [1.29, 1.82) is 0 Å². The van der Waals surface area contributed by atoms with Crippen LogP contribution in [0.25, 0.3) is 38.6 Å². The molecule has 0 aliphatic carbocycles. The lowest BCUT2D eigenvalue weighted by Gasteiger charge is -2.05. The second kappa shape index (κ2) is 5.92. The van der Waals surface area contributed by atoms with Gasteiger partial charge in [-0.05, 0) is 12.1 Å². The zero-order valence-electron chi connectivity index (χ0n) is 14.6. The first-order valence-corrected chi connectivity index (χ1v) is 8.61. The maximum absolute atomic E-state index is 12.6. The quantitative estimate of drug-likeness (QED) is 0.347. The molecule has 0 saturated carbocycles. The number of esters is 1. The molecule has 0 amide bonds. The molecule has 5 rings (SSSR count). The summed E-state index contributed by atoms with van der Waals surface area (Å²) in [6, 6.07) is 21.6. The van der Waals surface area contributed by atoms with Gasteiger partial charge in [-0.25, -0.2) is 9.31 Å². The number of ether oxygens (including phenoxy) is 1. The minimum atomic E-state index is -0.406. The predicted octanol–water partition coefficient (Wildman–Crippen LogP) is 4.49. The van der Waals surface area contributed by atoms with Crippen LogP contribution in [0.15, 0.2) is 72.9 Å². The first-order chi connectivity index (χ1) is 13.3. The molecule has 0 aliphatic rings. The fraction of sp³-hybridized carbons (Fsp3) is 0.0455. The van der Waals surface area contributed by atoms with Crippen LogP contribution >= 0.6 is 0 Å². The van der Waals surface area contributed by atoms with E-state index in [4.69, 9.17) is 9.84 Å². The van der Waals surface area contributed by atoms with E-state index in [0.717, 1.165) is 27.4 Å². The minimum absolute atomic E-state index is 0.406. The number of carbonyl (C=O) groups excluding carboxylic acids is 1. The predicted molar refractivity (Wildman–Crippen MR) is 105 cm³/mol. The van der Waals surface area contributed by atoms with Crippen LogP contribution in [0.5, 0.6) is 0 Å². The second-order valence-corrected chi connectivity index (χ2v) is 6.29. The fourth-order valence-electron chi connectivity index (χ4n) is 3.53. The van der Waals surface area contributed by atoms with Gasteiger partial charge in [0, 0.05) is 22.5 Å². The second-order valence-electron chi connectivity index (χ2n) is 6.29. The van der Waals surface area contributed by atoms with Gasteiger partial charge in [0.15, 0.2) is 0 Å². The fourth-order valence-corrected chi connectivity index (χ4v) is 3.53. The van der Waals surface area contributed by atoms with Crippen LogP contribution in [0.3, 0.4) is 0 Å². The number of hydrogen-bond acceptors (Lipinski definition) is 4. The molecule has 130 valence electrons. The maximum atomic E-state index is 12.6. The lowest BCUT2D eigenvalue weighted by atomic mass is 10.1. The molecule has 5 aromatic rings. The average molecular weight is 353 g/mol. The molecule has 27 heavy (non-hydrogen) atoms. The van der Waals surface area contributed by atoms with Crippen LogP contribution in [0.4, 0.5) is 0 Å². The van der Waals surface area contributed by atoms with E-state index in [1.807, 2.05) is 66.7 Å². The van der Waals surface area contributed by atoms with Crippen molar-refractivity contribution in [2.45, 2.75) is 0 Å². The van der Waals surface area contributed by atoms with Gasteiger partial charge in [0.2, 0.25) is 0 Å². The Hall–Kier alpha value is -3.73. The van der Waals surface area contributed by atoms with Crippen molar-refractivity contribution in [1.82, 2.24) is 14.6 Å². The summed E-state index contributed by atoms with van der Waals surface area (Å²) in [5, 5.41) is 6.83. The smallest absolute Gasteiger partial charge is 0.342 e. The molecule has 0 saturated heterocycles. The number of methoxy groups -OCH3 is 1. The normalized spacial score (nSPS) is 11.3. The Bertz CT molecular complexity index is 1320. The third-order valence-corrected chi connectivity index (χ3v) is 4.77. The van der Waals surface area contributed by atoms with Gasteiger partial charge in [-0.3, -0.25) is 4.98 Å². The molecule has 0 N–H and O–H groups in total.